The molecule has 0 fully saturated rings. The Morgan fingerprint density at radius 1 is 1.05 bits per heavy atom. The van der Waals surface area contributed by atoms with Crippen LogP contribution < -0.4 is 4.18 Å². The molecule has 0 aliphatic rings. The molecule has 0 radical (unpaired) electrons. The summed E-state index contributed by atoms with van der Waals surface area (Å²) >= 11 is 0. The first kappa shape index (κ1) is 15.8. The van der Waals surface area contributed by atoms with Crippen LogP contribution >= 0.6 is 0 Å². The van der Waals surface area contributed by atoms with E-state index in [4.69, 9.17) is 9.29 Å². The highest BCUT2D eigenvalue weighted by Crippen LogP contribution is 2.17. The first-order valence-corrected chi connectivity index (χ1v) is 7.99. The number of carboxylic acids is 1. The Balaban J connectivity index is 2.05. The summed E-state index contributed by atoms with van der Waals surface area (Å²) < 4.78 is 28.9. The third kappa shape index (κ3) is 5.06. The second-order valence-corrected chi connectivity index (χ2v) is 6.08. The van der Waals surface area contributed by atoms with Crippen molar-refractivity contribution in [2.24, 2.45) is 0 Å². The van der Waals surface area contributed by atoms with E-state index < -0.39 is 16.1 Å². The van der Waals surface area contributed by atoms with Gasteiger partial charge in [-0.3, -0.25) is 0 Å². The zero-order valence-corrected chi connectivity index (χ0v) is 12.4. The van der Waals surface area contributed by atoms with Crippen molar-refractivity contribution >= 4 is 22.2 Å². The zero-order valence-electron chi connectivity index (χ0n) is 11.5. The Morgan fingerprint density at radius 2 is 1.68 bits per heavy atom. The fourth-order valence-corrected chi connectivity index (χ4v) is 2.82. The van der Waals surface area contributed by atoms with Gasteiger partial charge in [0.1, 0.15) is 11.5 Å². The Bertz CT molecular complexity index is 762. The van der Waals surface area contributed by atoms with E-state index in [2.05, 4.69) is 0 Å². The summed E-state index contributed by atoms with van der Waals surface area (Å²) in [5, 5.41) is 8.53. The van der Waals surface area contributed by atoms with Crippen LogP contribution in [0.4, 0.5) is 0 Å². The van der Waals surface area contributed by atoms with Crippen LogP contribution in [0, 0.1) is 0 Å². The van der Waals surface area contributed by atoms with Gasteiger partial charge in [0.25, 0.3) is 0 Å². The van der Waals surface area contributed by atoms with E-state index in [9.17, 15) is 13.2 Å². The Hall–Kier alpha value is -2.60. The van der Waals surface area contributed by atoms with Gasteiger partial charge in [-0.2, -0.15) is 8.42 Å². The standard InChI is InChI=1S/C16H14O5S/c17-16(18)11-8-13-6-9-15(10-7-13)21-22(19,20)12-14-4-2-1-3-5-14/h1-11H,12H2,(H,17,18). The lowest BCUT2D eigenvalue weighted by Crippen LogP contribution is -2.12. The van der Waals surface area contributed by atoms with Crippen molar-refractivity contribution in [3.05, 3.63) is 71.8 Å². The van der Waals surface area contributed by atoms with E-state index in [-0.39, 0.29) is 11.5 Å². The van der Waals surface area contributed by atoms with Gasteiger partial charge in [-0.15, -0.1) is 0 Å². The molecule has 0 heterocycles. The quantitative estimate of drug-likeness (QED) is 0.654. The number of benzene rings is 2. The van der Waals surface area contributed by atoms with E-state index in [1.165, 1.54) is 18.2 Å². The molecular weight excluding hydrogens is 304 g/mol. The highest BCUT2D eigenvalue weighted by Gasteiger charge is 2.13. The molecule has 2 rings (SSSR count). The van der Waals surface area contributed by atoms with Gasteiger partial charge in [0.05, 0.1) is 0 Å². The van der Waals surface area contributed by atoms with Gasteiger partial charge in [0.2, 0.25) is 0 Å². The molecule has 2 aromatic rings. The fraction of sp³-hybridized carbons (Fsp3) is 0.0625. The third-order valence-electron chi connectivity index (χ3n) is 2.71. The molecule has 0 aliphatic heterocycles. The number of rotatable bonds is 6. The third-order valence-corrected chi connectivity index (χ3v) is 3.84. The lowest BCUT2D eigenvalue weighted by atomic mass is 10.2. The molecule has 0 atom stereocenters. The fourth-order valence-electron chi connectivity index (χ4n) is 1.76. The highest BCUT2D eigenvalue weighted by atomic mass is 32.2. The maximum atomic E-state index is 12.0. The van der Waals surface area contributed by atoms with E-state index in [1.54, 1.807) is 42.5 Å². The summed E-state index contributed by atoms with van der Waals surface area (Å²) in [6.45, 7) is 0. The van der Waals surface area contributed by atoms with Crippen LogP contribution in [-0.2, 0) is 20.7 Å². The monoisotopic (exact) mass is 318 g/mol. The van der Waals surface area contributed by atoms with Gasteiger partial charge in [-0.25, -0.2) is 4.79 Å². The second kappa shape index (κ2) is 6.91. The van der Waals surface area contributed by atoms with Crippen molar-refractivity contribution in [2.45, 2.75) is 5.75 Å². The summed E-state index contributed by atoms with van der Waals surface area (Å²) in [7, 11) is -3.74. The van der Waals surface area contributed by atoms with Crippen LogP contribution in [0.3, 0.4) is 0 Å². The molecule has 0 unspecified atom stereocenters. The summed E-state index contributed by atoms with van der Waals surface area (Å²) in [5.74, 6) is -1.08. The minimum Gasteiger partial charge on any atom is -0.478 e. The van der Waals surface area contributed by atoms with Crippen LogP contribution in [0.15, 0.2) is 60.7 Å². The Labute approximate surface area is 128 Å². The summed E-state index contributed by atoms with van der Waals surface area (Å²) in [6, 6.07) is 14.8. The molecule has 2 aromatic carbocycles. The molecule has 0 aromatic heterocycles. The molecular formula is C16H14O5S. The minimum absolute atomic E-state index is 0.184. The molecule has 0 saturated carbocycles. The van der Waals surface area contributed by atoms with Crippen molar-refractivity contribution in [3.63, 3.8) is 0 Å². The van der Waals surface area contributed by atoms with Crippen LogP contribution in [-0.4, -0.2) is 19.5 Å². The van der Waals surface area contributed by atoms with E-state index in [1.807, 2.05) is 0 Å². The van der Waals surface area contributed by atoms with Gasteiger partial charge in [-0.1, -0.05) is 42.5 Å². The van der Waals surface area contributed by atoms with Crippen LogP contribution in [0.1, 0.15) is 11.1 Å². The van der Waals surface area contributed by atoms with Gasteiger partial charge < -0.3 is 9.29 Å². The van der Waals surface area contributed by atoms with Crippen LogP contribution in [0.25, 0.3) is 6.08 Å². The Kier molecular flexibility index (Phi) is 4.95. The maximum absolute atomic E-state index is 12.0. The molecule has 0 spiro atoms. The number of aliphatic carboxylic acids is 1. The van der Waals surface area contributed by atoms with Crippen molar-refractivity contribution in [3.8, 4) is 5.75 Å². The van der Waals surface area contributed by atoms with Gasteiger partial charge in [0.15, 0.2) is 0 Å². The zero-order chi connectivity index (χ0) is 16.0. The number of carboxylic acid groups (broad SMARTS) is 1. The Morgan fingerprint density at radius 3 is 2.27 bits per heavy atom. The van der Waals surface area contributed by atoms with E-state index >= 15 is 0 Å². The van der Waals surface area contributed by atoms with Gasteiger partial charge in [-0.05, 0) is 29.3 Å². The van der Waals surface area contributed by atoms with E-state index in [0.717, 1.165) is 6.08 Å². The number of carbonyl (C=O) groups is 1. The predicted octanol–water partition coefficient (Wildman–Crippen LogP) is 2.69. The first-order valence-electron chi connectivity index (χ1n) is 6.42. The molecule has 22 heavy (non-hydrogen) atoms. The van der Waals surface area contributed by atoms with Crippen molar-refractivity contribution in [2.75, 3.05) is 0 Å². The maximum Gasteiger partial charge on any atom is 0.328 e. The second-order valence-electron chi connectivity index (χ2n) is 4.51. The van der Waals surface area contributed by atoms with Crippen LogP contribution in [0.2, 0.25) is 0 Å². The molecule has 6 heteroatoms. The molecule has 0 saturated heterocycles. The minimum atomic E-state index is -3.74. The number of hydrogen-bond acceptors (Lipinski definition) is 4. The topological polar surface area (TPSA) is 80.7 Å². The SMILES string of the molecule is O=C(O)C=Cc1ccc(OS(=O)(=O)Cc2ccccc2)cc1. The normalized spacial score (nSPS) is 11.5. The molecule has 0 amide bonds. The lowest BCUT2D eigenvalue weighted by Gasteiger charge is -2.07. The largest absolute Gasteiger partial charge is 0.478 e. The average Bonchev–Trinajstić information content (AvgIpc) is 2.46. The molecule has 1 N–H and O–H groups in total. The van der Waals surface area contributed by atoms with Gasteiger partial charge in [0, 0.05) is 6.08 Å². The number of hydrogen-bond donors (Lipinski definition) is 1. The summed E-state index contributed by atoms with van der Waals surface area (Å²) in [5.41, 5.74) is 1.28. The summed E-state index contributed by atoms with van der Waals surface area (Å²) in [6.07, 6.45) is 2.41. The van der Waals surface area contributed by atoms with Crippen molar-refractivity contribution in [1.82, 2.24) is 0 Å². The summed E-state index contributed by atoms with van der Waals surface area (Å²) in [4.78, 5) is 10.4. The van der Waals surface area contributed by atoms with Crippen molar-refractivity contribution in [1.29, 1.82) is 0 Å². The molecule has 114 valence electrons. The predicted molar refractivity (Wildman–Crippen MR) is 82.8 cm³/mol. The molecule has 0 bridgehead atoms. The van der Waals surface area contributed by atoms with Crippen molar-refractivity contribution < 1.29 is 22.5 Å². The van der Waals surface area contributed by atoms with Gasteiger partial charge >= 0.3 is 16.1 Å². The highest BCUT2D eigenvalue weighted by molar-refractivity contribution is 7.86. The smallest absolute Gasteiger partial charge is 0.328 e. The molecule has 0 aliphatic carbocycles. The lowest BCUT2D eigenvalue weighted by molar-refractivity contribution is -0.131. The average molecular weight is 318 g/mol. The first-order chi connectivity index (χ1) is 10.4. The van der Waals surface area contributed by atoms with E-state index in [0.29, 0.717) is 11.1 Å². The van der Waals surface area contributed by atoms with Crippen LogP contribution in [0.5, 0.6) is 5.75 Å². The molecule has 5 nitrogen and oxygen atoms in total.